The topological polar surface area (TPSA) is 33.9 Å². The van der Waals surface area contributed by atoms with E-state index in [4.69, 9.17) is 4.74 Å². The number of benzene rings is 1. The highest BCUT2D eigenvalue weighted by molar-refractivity contribution is 5.27. The monoisotopic (exact) mass is 278 g/mol. The third-order valence-electron chi connectivity index (χ3n) is 4.44. The second-order valence-corrected chi connectivity index (χ2v) is 6.29. The molecule has 0 aliphatic carbocycles. The van der Waals surface area contributed by atoms with Crippen LogP contribution >= 0.6 is 0 Å². The van der Waals surface area contributed by atoms with Crippen LogP contribution in [0.4, 0.5) is 0 Å². The second kappa shape index (κ2) is 7.09. The maximum Gasteiger partial charge on any atom is 0.137 e. The lowest BCUT2D eigenvalue weighted by molar-refractivity contribution is -0.954. The molecule has 1 heterocycles. The quantitative estimate of drug-likeness (QED) is 0.857. The van der Waals surface area contributed by atoms with Crippen molar-refractivity contribution in [2.45, 2.75) is 58.2 Å². The Morgan fingerprint density at radius 2 is 2.00 bits per heavy atom. The molecule has 0 saturated carbocycles. The summed E-state index contributed by atoms with van der Waals surface area (Å²) in [5.74, 6) is 0.846. The van der Waals surface area contributed by atoms with Crippen molar-refractivity contribution in [3.63, 3.8) is 0 Å². The van der Waals surface area contributed by atoms with E-state index >= 15 is 0 Å². The first-order valence-electron chi connectivity index (χ1n) is 7.79. The fourth-order valence-electron chi connectivity index (χ4n) is 3.22. The number of quaternary nitrogens is 1. The van der Waals surface area contributed by atoms with Gasteiger partial charge in [-0.05, 0) is 57.7 Å². The number of aryl methyl sites for hydroxylation is 1. The third-order valence-corrected chi connectivity index (χ3v) is 4.44. The number of likely N-dealkylation sites (tertiary alicyclic amines) is 1. The van der Waals surface area contributed by atoms with Crippen LogP contribution in [0.3, 0.4) is 0 Å². The summed E-state index contributed by atoms with van der Waals surface area (Å²) < 4.78 is 5.70. The van der Waals surface area contributed by atoms with Crippen LogP contribution in [0.1, 0.15) is 38.7 Å². The molecule has 1 aliphatic heterocycles. The summed E-state index contributed by atoms with van der Waals surface area (Å²) in [4.78, 5) is 1.52. The Morgan fingerprint density at radius 1 is 1.30 bits per heavy atom. The number of nitrogens with one attached hydrogen (secondary N) is 1. The van der Waals surface area contributed by atoms with Crippen molar-refractivity contribution in [2.24, 2.45) is 0 Å². The number of rotatable bonds is 5. The molecule has 1 aromatic rings. The number of hydrogen-bond acceptors (Lipinski definition) is 2. The Bertz CT molecular complexity index is 411. The van der Waals surface area contributed by atoms with Crippen LogP contribution < -0.4 is 9.64 Å². The van der Waals surface area contributed by atoms with Crippen molar-refractivity contribution in [1.29, 1.82) is 0 Å². The molecule has 1 fully saturated rings. The van der Waals surface area contributed by atoms with E-state index in [-0.39, 0.29) is 0 Å². The molecule has 0 radical (unpaired) electrons. The number of piperidine rings is 1. The zero-order valence-electron chi connectivity index (χ0n) is 12.9. The van der Waals surface area contributed by atoms with E-state index < -0.39 is 6.10 Å². The molecular formula is C17H28NO2+. The van der Waals surface area contributed by atoms with E-state index in [1.807, 2.05) is 31.2 Å². The van der Waals surface area contributed by atoms with E-state index in [1.54, 1.807) is 0 Å². The molecule has 0 amide bonds. The van der Waals surface area contributed by atoms with E-state index in [0.29, 0.717) is 18.7 Å². The highest BCUT2D eigenvalue weighted by Crippen LogP contribution is 2.12. The minimum atomic E-state index is -0.395. The Labute approximate surface area is 122 Å². The van der Waals surface area contributed by atoms with Gasteiger partial charge in [0.15, 0.2) is 0 Å². The molecule has 0 bridgehead atoms. The van der Waals surface area contributed by atoms with Gasteiger partial charge in [-0.2, -0.15) is 0 Å². The summed E-state index contributed by atoms with van der Waals surface area (Å²) in [6.45, 7) is 7.79. The molecule has 2 N–H and O–H groups in total. The third kappa shape index (κ3) is 4.22. The summed E-state index contributed by atoms with van der Waals surface area (Å²) in [5, 5.41) is 10.2. The van der Waals surface area contributed by atoms with Crippen LogP contribution in [0, 0.1) is 6.92 Å². The number of ether oxygens (including phenoxy) is 1. The minimum Gasteiger partial charge on any atom is -0.491 e. The fraction of sp³-hybridized carbons (Fsp3) is 0.647. The highest BCUT2D eigenvalue weighted by Gasteiger charge is 2.30. The van der Waals surface area contributed by atoms with Crippen LogP contribution in [0.25, 0.3) is 0 Å². The molecule has 0 unspecified atom stereocenters. The lowest BCUT2D eigenvalue weighted by Gasteiger charge is -2.36. The first kappa shape index (κ1) is 15.3. The van der Waals surface area contributed by atoms with Gasteiger partial charge in [0, 0.05) is 0 Å². The number of hydrogen-bond donors (Lipinski definition) is 2. The van der Waals surface area contributed by atoms with Crippen LogP contribution in [0.15, 0.2) is 24.3 Å². The van der Waals surface area contributed by atoms with Gasteiger partial charge in [0.05, 0.1) is 12.1 Å². The first-order valence-corrected chi connectivity index (χ1v) is 7.79. The maximum absolute atomic E-state index is 10.2. The standard InChI is InChI=1S/C17H27NO2/c1-13-6-4-9-17(10-13)20-12-16(19)11-18-14(2)7-5-8-15(18)3/h4,6,9-10,14-16,19H,5,7-8,11-12H2,1-3H3/p+1/t14-,15-,16-/m1/s1. The van der Waals surface area contributed by atoms with Crippen molar-refractivity contribution in [3.05, 3.63) is 29.8 Å². The molecule has 1 saturated heterocycles. The second-order valence-electron chi connectivity index (χ2n) is 6.29. The van der Waals surface area contributed by atoms with Crippen LogP contribution in [-0.2, 0) is 0 Å². The lowest BCUT2D eigenvalue weighted by atomic mass is 9.97. The molecule has 0 aromatic heterocycles. The zero-order valence-corrected chi connectivity index (χ0v) is 12.9. The van der Waals surface area contributed by atoms with Crippen molar-refractivity contribution < 1.29 is 14.7 Å². The summed E-state index contributed by atoms with van der Waals surface area (Å²) in [6.07, 6.45) is 3.46. The summed E-state index contributed by atoms with van der Waals surface area (Å²) in [6, 6.07) is 9.27. The molecule has 3 heteroatoms. The minimum absolute atomic E-state index is 0.381. The maximum atomic E-state index is 10.2. The fourth-order valence-corrected chi connectivity index (χ4v) is 3.22. The smallest absolute Gasteiger partial charge is 0.137 e. The zero-order chi connectivity index (χ0) is 14.5. The van der Waals surface area contributed by atoms with Gasteiger partial charge < -0.3 is 14.7 Å². The Hall–Kier alpha value is -1.06. The molecule has 0 spiro atoms. The predicted molar refractivity (Wildman–Crippen MR) is 81.3 cm³/mol. The van der Waals surface area contributed by atoms with E-state index in [1.165, 1.54) is 29.7 Å². The van der Waals surface area contributed by atoms with Gasteiger partial charge in [-0.1, -0.05) is 12.1 Å². The first-order chi connectivity index (χ1) is 9.56. The van der Waals surface area contributed by atoms with Crippen molar-refractivity contribution in [1.82, 2.24) is 0 Å². The van der Waals surface area contributed by atoms with Gasteiger partial charge in [-0.25, -0.2) is 0 Å². The average Bonchev–Trinajstić information content (AvgIpc) is 2.41. The summed E-state index contributed by atoms with van der Waals surface area (Å²) in [5.41, 5.74) is 1.18. The number of aliphatic hydroxyl groups excluding tert-OH is 1. The summed E-state index contributed by atoms with van der Waals surface area (Å²) >= 11 is 0. The summed E-state index contributed by atoms with van der Waals surface area (Å²) in [7, 11) is 0. The molecule has 1 aromatic carbocycles. The molecule has 112 valence electrons. The largest absolute Gasteiger partial charge is 0.491 e. The molecular weight excluding hydrogens is 250 g/mol. The molecule has 1 aliphatic rings. The average molecular weight is 278 g/mol. The van der Waals surface area contributed by atoms with E-state index in [2.05, 4.69) is 13.8 Å². The Morgan fingerprint density at radius 3 is 2.65 bits per heavy atom. The van der Waals surface area contributed by atoms with Crippen molar-refractivity contribution in [3.8, 4) is 5.75 Å². The molecule has 20 heavy (non-hydrogen) atoms. The highest BCUT2D eigenvalue weighted by atomic mass is 16.5. The van der Waals surface area contributed by atoms with Crippen molar-refractivity contribution >= 4 is 0 Å². The van der Waals surface area contributed by atoms with Gasteiger partial charge in [-0.3, -0.25) is 0 Å². The van der Waals surface area contributed by atoms with Gasteiger partial charge >= 0.3 is 0 Å². The van der Waals surface area contributed by atoms with Gasteiger partial charge in [0.1, 0.15) is 25.0 Å². The van der Waals surface area contributed by atoms with Crippen LogP contribution in [0.2, 0.25) is 0 Å². The predicted octanol–water partition coefficient (Wildman–Crippen LogP) is 1.58. The van der Waals surface area contributed by atoms with Gasteiger partial charge in [0.2, 0.25) is 0 Å². The van der Waals surface area contributed by atoms with E-state index in [9.17, 15) is 5.11 Å². The molecule has 3 atom stereocenters. The normalized spacial score (nSPS) is 25.4. The van der Waals surface area contributed by atoms with Crippen molar-refractivity contribution in [2.75, 3.05) is 13.2 Å². The molecule has 2 rings (SSSR count). The van der Waals surface area contributed by atoms with Gasteiger partial charge in [-0.15, -0.1) is 0 Å². The molecule has 3 nitrogen and oxygen atoms in total. The van der Waals surface area contributed by atoms with E-state index in [0.717, 1.165) is 12.3 Å². The Balaban J connectivity index is 1.81. The number of aliphatic hydroxyl groups is 1. The van der Waals surface area contributed by atoms with Crippen LogP contribution in [-0.4, -0.2) is 36.4 Å². The lowest BCUT2D eigenvalue weighted by Crippen LogP contribution is -3.20. The Kier molecular flexibility index (Phi) is 5.44. The van der Waals surface area contributed by atoms with Gasteiger partial charge in [0.25, 0.3) is 0 Å². The van der Waals surface area contributed by atoms with Crippen LogP contribution in [0.5, 0.6) is 5.75 Å². The SMILES string of the molecule is Cc1cccc(OC[C@H](O)C[NH+]2[C@H](C)CCC[C@H]2C)c1.